The summed E-state index contributed by atoms with van der Waals surface area (Å²) in [5, 5.41) is 6.65. The number of hydrogen-bond acceptors (Lipinski definition) is 5. The van der Waals surface area contributed by atoms with Crippen molar-refractivity contribution in [1.82, 2.24) is 10.3 Å². The van der Waals surface area contributed by atoms with Crippen LogP contribution in [0.2, 0.25) is 0 Å². The zero-order chi connectivity index (χ0) is 14.8. The van der Waals surface area contributed by atoms with Gasteiger partial charge < -0.3 is 15.0 Å². The molecule has 0 unspecified atom stereocenters. The standard InChI is InChI=1S/C15H29N3OS/c1-5-13(6-2)11-18(7-3)15-17-14(12-20-15)10-16-8-9-19-4/h12-13,16H,5-11H2,1-4H3. The number of rotatable bonds is 11. The summed E-state index contributed by atoms with van der Waals surface area (Å²) < 4.78 is 5.02. The van der Waals surface area contributed by atoms with Crippen LogP contribution in [0.25, 0.3) is 0 Å². The number of nitrogens with zero attached hydrogens (tertiary/aromatic N) is 2. The van der Waals surface area contributed by atoms with Crippen molar-refractivity contribution in [2.45, 2.75) is 40.2 Å². The SMILES string of the molecule is CCC(CC)CN(CC)c1nc(CNCCOC)cs1. The van der Waals surface area contributed by atoms with E-state index < -0.39 is 0 Å². The number of thiazole rings is 1. The molecule has 0 spiro atoms. The van der Waals surface area contributed by atoms with Crippen molar-refractivity contribution in [2.75, 3.05) is 38.3 Å². The van der Waals surface area contributed by atoms with E-state index >= 15 is 0 Å². The van der Waals surface area contributed by atoms with Gasteiger partial charge in [0.15, 0.2) is 5.13 Å². The van der Waals surface area contributed by atoms with Gasteiger partial charge in [0.1, 0.15) is 0 Å². The molecule has 1 N–H and O–H groups in total. The van der Waals surface area contributed by atoms with Crippen LogP contribution in [0.1, 0.15) is 39.3 Å². The summed E-state index contributed by atoms with van der Waals surface area (Å²) >= 11 is 1.75. The Morgan fingerprint density at radius 3 is 2.70 bits per heavy atom. The van der Waals surface area contributed by atoms with Crippen molar-refractivity contribution >= 4 is 16.5 Å². The van der Waals surface area contributed by atoms with Gasteiger partial charge in [-0.3, -0.25) is 0 Å². The predicted octanol–water partition coefficient (Wildman–Crippen LogP) is 3.14. The van der Waals surface area contributed by atoms with Crippen LogP contribution in [0.4, 0.5) is 5.13 Å². The van der Waals surface area contributed by atoms with Crippen LogP contribution in [-0.2, 0) is 11.3 Å². The molecule has 0 aliphatic rings. The van der Waals surface area contributed by atoms with Crippen LogP contribution in [0.15, 0.2) is 5.38 Å². The molecule has 1 rings (SSSR count). The second-order valence-electron chi connectivity index (χ2n) is 5.01. The minimum absolute atomic E-state index is 0.743. The molecule has 0 bridgehead atoms. The largest absolute Gasteiger partial charge is 0.383 e. The minimum atomic E-state index is 0.743. The van der Waals surface area contributed by atoms with Gasteiger partial charge >= 0.3 is 0 Å². The average Bonchev–Trinajstić information content (AvgIpc) is 2.94. The number of hydrogen-bond donors (Lipinski definition) is 1. The number of ether oxygens (including phenoxy) is 1. The molecule has 0 aromatic carbocycles. The fourth-order valence-corrected chi connectivity index (χ4v) is 3.01. The number of anilines is 1. The quantitative estimate of drug-likeness (QED) is 0.637. The maximum atomic E-state index is 5.02. The highest BCUT2D eigenvalue weighted by atomic mass is 32.1. The van der Waals surface area contributed by atoms with Crippen LogP contribution >= 0.6 is 11.3 Å². The smallest absolute Gasteiger partial charge is 0.185 e. The summed E-state index contributed by atoms with van der Waals surface area (Å²) in [5.74, 6) is 0.766. The van der Waals surface area contributed by atoms with Crippen LogP contribution in [0.3, 0.4) is 0 Å². The normalized spacial score (nSPS) is 11.2. The molecule has 1 aromatic rings. The van der Waals surface area contributed by atoms with E-state index in [0.717, 1.165) is 49.5 Å². The number of aromatic nitrogens is 1. The van der Waals surface area contributed by atoms with Crippen LogP contribution in [0, 0.1) is 5.92 Å². The van der Waals surface area contributed by atoms with E-state index in [1.807, 2.05) is 0 Å². The van der Waals surface area contributed by atoms with E-state index in [4.69, 9.17) is 9.72 Å². The molecule has 0 fully saturated rings. The minimum Gasteiger partial charge on any atom is -0.383 e. The fraction of sp³-hybridized carbons (Fsp3) is 0.800. The molecular weight excluding hydrogens is 270 g/mol. The van der Waals surface area contributed by atoms with Crippen LogP contribution in [-0.4, -0.2) is 38.3 Å². The first-order valence-electron chi connectivity index (χ1n) is 7.64. The Balaban J connectivity index is 2.50. The maximum absolute atomic E-state index is 5.02. The third-order valence-electron chi connectivity index (χ3n) is 3.61. The second kappa shape index (κ2) is 10.1. The summed E-state index contributed by atoms with van der Waals surface area (Å²) in [5.41, 5.74) is 1.13. The first-order chi connectivity index (χ1) is 9.74. The van der Waals surface area contributed by atoms with Gasteiger partial charge in [-0.25, -0.2) is 4.98 Å². The summed E-state index contributed by atoms with van der Waals surface area (Å²) in [4.78, 5) is 7.15. The Morgan fingerprint density at radius 2 is 2.10 bits per heavy atom. The van der Waals surface area contributed by atoms with Gasteiger partial charge in [-0.05, 0) is 12.8 Å². The van der Waals surface area contributed by atoms with Crippen LogP contribution in [0.5, 0.6) is 0 Å². The van der Waals surface area contributed by atoms with Gasteiger partial charge in [0.05, 0.1) is 12.3 Å². The van der Waals surface area contributed by atoms with Gasteiger partial charge in [-0.2, -0.15) is 0 Å². The molecule has 20 heavy (non-hydrogen) atoms. The Kier molecular flexibility index (Phi) is 8.82. The van der Waals surface area contributed by atoms with E-state index in [1.165, 1.54) is 12.8 Å². The Hall–Kier alpha value is -0.650. The Bertz CT molecular complexity index is 353. The lowest BCUT2D eigenvalue weighted by Crippen LogP contribution is -2.29. The van der Waals surface area contributed by atoms with Crippen molar-refractivity contribution in [3.05, 3.63) is 11.1 Å². The van der Waals surface area contributed by atoms with Gasteiger partial charge in [0, 0.05) is 38.7 Å². The van der Waals surface area contributed by atoms with E-state index in [2.05, 4.69) is 36.4 Å². The molecule has 0 atom stereocenters. The van der Waals surface area contributed by atoms with E-state index in [-0.39, 0.29) is 0 Å². The van der Waals surface area contributed by atoms with Gasteiger partial charge in [0.2, 0.25) is 0 Å². The third kappa shape index (κ3) is 5.77. The third-order valence-corrected chi connectivity index (χ3v) is 4.56. The van der Waals surface area contributed by atoms with Crippen molar-refractivity contribution in [3.63, 3.8) is 0 Å². The molecule has 0 saturated heterocycles. The summed E-state index contributed by atoms with van der Waals surface area (Å²) in [6.45, 7) is 11.3. The Labute approximate surface area is 127 Å². The highest BCUT2D eigenvalue weighted by molar-refractivity contribution is 7.13. The molecule has 0 aliphatic carbocycles. The summed E-state index contributed by atoms with van der Waals surface area (Å²) in [7, 11) is 1.72. The molecule has 4 nitrogen and oxygen atoms in total. The summed E-state index contributed by atoms with van der Waals surface area (Å²) in [6.07, 6.45) is 2.48. The highest BCUT2D eigenvalue weighted by Gasteiger charge is 2.13. The zero-order valence-corrected chi connectivity index (χ0v) is 14.1. The molecule has 1 heterocycles. The topological polar surface area (TPSA) is 37.4 Å². The summed E-state index contributed by atoms with van der Waals surface area (Å²) in [6, 6.07) is 0. The van der Waals surface area contributed by atoms with Gasteiger partial charge in [0.25, 0.3) is 0 Å². The van der Waals surface area contributed by atoms with Gasteiger partial charge in [-0.15, -0.1) is 11.3 Å². The lowest BCUT2D eigenvalue weighted by Gasteiger charge is -2.24. The van der Waals surface area contributed by atoms with E-state index in [9.17, 15) is 0 Å². The molecule has 0 saturated carbocycles. The molecule has 0 amide bonds. The molecule has 0 aliphatic heterocycles. The van der Waals surface area contributed by atoms with E-state index in [0.29, 0.717) is 0 Å². The van der Waals surface area contributed by atoms with Crippen molar-refractivity contribution in [3.8, 4) is 0 Å². The van der Waals surface area contributed by atoms with Crippen molar-refractivity contribution in [1.29, 1.82) is 0 Å². The average molecular weight is 299 g/mol. The fourth-order valence-electron chi connectivity index (χ4n) is 2.11. The predicted molar refractivity (Wildman–Crippen MR) is 87.7 cm³/mol. The molecule has 5 heteroatoms. The van der Waals surface area contributed by atoms with Crippen molar-refractivity contribution in [2.24, 2.45) is 5.92 Å². The maximum Gasteiger partial charge on any atom is 0.185 e. The zero-order valence-electron chi connectivity index (χ0n) is 13.3. The molecule has 116 valence electrons. The van der Waals surface area contributed by atoms with Crippen molar-refractivity contribution < 1.29 is 4.74 Å². The first kappa shape index (κ1) is 17.4. The van der Waals surface area contributed by atoms with E-state index in [1.54, 1.807) is 18.4 Å². The molecular formula is C15H29N3OS. The second-order valence-corrected chi connectivity index (χ2v) is 5.85. The molecule has 1 aromatic heterocycles. The molecule has 0 radical (unpaired) electrons. The monoisotopic (exact) mass is 299 g/mol. The van der Waals surface area contributed by atoms with Gasteiger partial charge in [-0.1, -0.05) is 26.7 Å². The highest BCUT2D eigenvalue weighted by Crippen LogP contribution is 2.22. The van der Waals surface area contributed by atoms with Crippen LogP contribution < -0.4 is 10.2 Å². The number of nitrogens with one attached hydrogen (secondary N) is 1. The lowest BCUT2D eigenvalue weighted by molar-refractivity contribution is 0.199. The number of methoxy groups -OCH3 is 1. The lowest BCUT2D eigenvalue weighted by atomic mass is 10.0. The Morgan fingerprint density at radius 1 is 1.35 bits per heavy atom. The first-order valence-corrected chi connectivity index (χ1v) is 8.52.